The molecule has 0 aliphatic carbocycles. The second kappa shape index (κ2) is 6.71. The van der Waals surface area contributed by atoms with Crippen molar-refractivity contribution < 1.29 is 4.21 Å². The SMILES string of the molecule is C[S@](=O)Cc1cccc(NCc2cnc(C(C)(C)C)s2)c1. The van der Waals surface area contributed by atoms with Gasteiger partial charge in [-0.15, -0.1) is 11.3 Å². The summed E-state index contributed by atoms with van der Waals surface area (Å²) in [6, 6.07) is 8.11. The molecule has 1 heterocycles. The molecule has 0 saturated carbocycles. The molecule has 0 aliphatic rings. The number of nitrogens with one attached hydrogen (secondary N) is 1. The maximum absolute atomic E-state index is 11.3. The monoisotopic (exact) mass is 322 g/mol. The second-order valence-corrected chi connectivity index (χ2v) is 8.70. The van der Waals surface area contributed by atoms with Gasteiger partial charge in [0, 0.05) is 45.0 Å². The van der Waals surface area contributed by atoms with Gasteiger partial charge in [0.2, 0.25) is 0 Å². The van der Waals surface area contributed by atoms with Crippen LogP contribution in [-0.4, -0.2) is 15.4 Å². The summed E-state index contributed by atoms with van der Waals surface area (Å²) in [5.74, 6) is 0.601. The van der Waals surface area contributed by atoms with Gasteiger partial charge in [-0.2, -0.15) is 0 Å². The lowest BCUT2D eigenvalue weighted by Gasteiger charge is -2.13. The lowest BCUT2D eigenvalue weighted by atomic mass is 9.98. The normalized spacial score (nSPS) is 13.1. The first-order valence-electron chi connectivity index (χ1n) is 6.92. The van der Waals surface area contributed by atoms with Crippen molar-refractivity contribution >= 4 is 27.8 Å². The van der Waals surface area contributed by atoms with E-state index in [4.69, 9.17) is 0 Å². The smallest absolute Gasteiger partial charge is 0.0981 e. The van der Waals surface area contributed by atoms with Gasteiger partial charge in [0.05, 0.1) is 11.6 Å². The summed E-state index contributed by atoms with van der Waals surface area (Å²) >= 11 is 1.75. The number of anilines is 1. The summed E-state index contributed by atoms with van der Waals surface area (Å²) < 4.78 is 11.3. The molecule has 0 amide bonds. The molecular formula is C16H22N2OS2. The van der Waals surface area contributed by atoms with Crippen molar-refractivity contribution in [1.82, 2.24) is 4.98 Å². The number of thiazole rings is 1. The fraction of sp³-hybridized carbons (Fsp3) is 0.438. The molecule has 0 unspecified atom stereocenters. The first-order chi connectivity index (χ1) is 9.84. The quantitative estimate of drug-likeness (QED) is 0.907. The van der Waals surface area contributed by atoms with Crippen LogP contribution in [0.3, 0.4) is 0 Å². The zero-order chi connectivity index (χ0) is 15.5. The van der Waals surface area contributed by atoms with E-state index in [1.807, 2.05) is 24.4 Å². The molecule has 2 aromatic rings. The molecule has 5 heteroatoms. The summed E-state index contributed by atoms with van der Waals surface area (Å²) in [4.78, 5) is 5.72. The highest BCUT2D eigenvalue weighted by Gasteiger charge is 2.17. The van der Waals surface area contributed by atoms with Crippen molar-refractivity contribution in [1.29, 1.82) is 0 Å². The summed E-state index contributed by atoms with van der Waals surface area (Å²) in [5.41, 5.74) is 2.26. The van der Waals surface area contributed by atoms with Gasteiger partial charge < -0.3 is 5.32 Å². The van der Waals surface area contributed by atoms with E-state index >= 15 is 0 Å². The molecule has 1 aromatic carbocycles. The molecule has 21 heavy (non-hydrogen) atoms. The minimum Gasteiger partial charge on any atom is -0.380 e. The lowest BCUT2D eigenvalue weighted by Crippen LogP contribution is -2.09. The standard InChI is InChI=1S/C16H22N2OS2/c1-16(2,3)15-18-10-14(20-15)9-17-13-7-5-6-12(8-13)11-21(4)19/h5-8,10,17H,9,11H2,1-4H3/t21-/m0/s1. The minimum atomic E-state index is -0.807. The van der Waals surface area contributed by atoms with Gasteiger partial charge in [-0.1, -0.05) is 32.9 Å². The summed E-state index contributed by atoms with van der Waals surface area (Å²) in [7, 11) is -0.807. The molecule has 0 spiro atoms. The predicted octanol–water partition coefficient (Wildman–Crippen LogP) is 3.93. The van der Waals surface area contributed by atoms with E-state index in [2.05, 4.69) is 37.1 Å². The van der Waals surface area contributed by atoms with E-state index in [-0.39, 0.29) is 5.41 Å². The third-order valence-electron chi connectivity index (χ3n) is 2.96. The van der Waals surface area contributed by atoms with Crippen molar-refractivity contribution in [3.05, 3.63) is 45.9 Å². The summed E-state index contributed by atoms with van der Waals surface area (Å²) in [5, 5.41) is 4.57. The molecule has 0 aliphatic heterocycles. The van der Waals surface area contributed by atoms with Crippen LogP contribution in [0.5, 0.6) is 0 Å². The van der Waals surface area contributed by atoms with E-state index in [0.29, 0.717) is 5.75 Å². The van der Waals surface area contributed by atoms with Crippen molar-refractivity contribution in [2.24, 2.45) is 0 Å². The highest BCUT2D eigenvalue weighted by Crippen LogP contribution is 2.27. The van der Waals surface area contributed by atoms with Crippen LogP contribution >= 0.6 is 11.3 Å². The molecular weight excluding hydrogens is 300 g/mol. The van der Waals surface area contributed by atoms with Crippen molar-refractivity contribution in [3.63, 3.8) is 0 Å². The fourth-order valence-electron chi connectivity index (χ4n) is 1.93. The minimum absolute atomic E-state index is 0.105. The van der Waals surface area contributed by atoms with Crippen LogP contribution in [0.15, 0.2) is 30.5 Å². The van der Waals surface area contributed by atoms with E-state index in [1.165, 1.54) is 4.88 Å². The van der Waals surface area contributed by atoms with Crippen LogP contribution in [0.4, 0.5) is 5.69 Å². The van der Waals surface area contributed by atoms with E-state index in [9.17, 15) is 4.21 Å². The first-order valence-corrected chi connectivity index (χ1v) is 9.47. The molecule has 0 saturated heterocycles. The Balaban J connectivity index is 2.00. The van der Waals surface area contributed by atoms with Crippen molar-refractivity contribution in [3.8, 4) is 0 Å². The van der Waals surface area contributed by atoms with E-state index in [1.54, 1.807) is 17.6 Å². The second-order valence-electron chi connectivity index (χ2n) is 6.15. The van der Waals surface area contributed by atoms with Crippen LogP contribution in [0.2, 0.25) is 0 Å². The average Bonchev–Trinajstić information content (AvgIpc) is 2.84. The molecule has 1 atom stereocenters. The Labute approximate surface area is 133 Å². The van der Waals surface area contributed by atoms with Crippen LogP contribution in [0, 0.1) is 0 Å². The number of nitrogens with zero attached hydrogens (tertiary/aromatic N) is 1. The Morgan fingerprint density at radius 3 is 2.71 bits per heavy atom. The van der Waals surface area contributed by atoms with Gasteiger partial charge >= 0.3 is 0 Å². The predicted molar refractivity (Wildman–Crippen MR) is 92.4 cm³/mol. The van der Waals surface area contributed by atoms with Crippen LogP contribution in [-0.2, 0) is 28.5 Å². The van der Waals surface area contributed by atoms with Crippen LogP contribution in [0.25, 0.3) is 0 Å². The van der Waals surface area contributed by atoms with Gasteiger partial charge in [0.1, 0.15) is 0 Å². The Hall–Kier alpha value is -1.20. The number of hydrogen-bond acceptors (Lipinski definition) is 4. The Morgan fingerprint density at radius 2 is 2.10 bits per heavy atom. The number of hydrogen-bond donors (Lipinski definition) is 1. The first kappa shape index (κ1) is 16.2. The molecule has 0 radical (unpaired) electrons. The Morgan fingerprint density at radius 1 is 1.33 bits per heavy atom. The maximum atomic E-state index is 11.3. The molecule has 1 N–H and O–H groups in total. The molecule has 0 fully saturated rings. The third kappa shape index (κ3) is 4.93. The largest absolute Gasteiger partial charge is 0.380 e. The summed E-state index contributed by atoms with van der Waals surface area (Å²) in [6.07, 6.45) is 3.68. The summed E-state index contributed by atoms with van der Waals surface area (Å²) in [6.45, 7) is 7.30. The number of rotatable bonds is 5. The highest BCUT2D eigenvalue weighted by atomic mass is 32.2. The lowest BCUT2D eigenvalue weighted by molar-refractivity contribution is 0.585. The molecule has 1 aromatic heterocycles. The van der Waals surface area contributed by atoms with Gasteiger partial charge in [0.15, 0.2) is 0 Å². The van der Waals surface area contributed by atoms with Crippen LogP contribution in [0.1, 0.15) is 36.2 Å². The van der Waals surface area contributed by atoms with Crippen molar-refractivity contribution in [2.45, 2.75) is 38.5 Å². The Bertz CT molecular complexity index is 629. The fourth-order valence-corrected chi connectivity index (χ4v) is 3.49. The van der Waals surface area contributed by atoms with Gasteiger partial charge in [0.25, 0.3) is 0 Å². The highest BCUT2D eigenvalue weighted by molar-refractivity contribution is 7.83. The molecule has 114 valence electrons. The van der Waals surface area contributed by atoms with Gasteiger partial charge in [-0.05, 0) is 17.7 Å². The number of aromatic nitrogens is 1. The molecule has 2 rings (SSSR count). The van der Waals surface area contributed by atoms with E-state index in [0.717, 1.165) is 22.8 Å². The molecule has 0 bridgehead atoms. The Kier molecular flexibility index (Phi) is 5.17. The van der Waals surface area contributed by atoms with Gasteiger partial charge in [-0.25, -0.2) is 4.98 Å². The van der Waals surface area contributed by atoms with E-state index < -0.39 is 10.8 Å². The maximum Gasteiger partial charge on any atom is 0.0981 e. The van der Waals surface area contributed by atoms with Crippen molar-refractivity contribution in [2.75, 3.05) is 11.6 Å². The topological polar surface area (TPSA) is 42.0 Å². The molecule has 3 nitrogen and oxygen atoms in total. The third-order valence-corrected chi connectivity index (χ3v) is 5.12. The average molecular weight is 322 g/mol. The zero-order valence-corrected chi connectivity index (χ0v) is 14.6. The zero-order valence-electron chi connectivity index (χ0n) is 13.0. The van der Waals surface area contributed by atoms with Gasteiger partial charge in [-0.3, -0.25) is 4.21 Å². The van der Waals surface area contributed by atoms with Crippen LogP contribution < -0.4 is 5.32 Å². The number of benzene rings is 1.